The van der Waals surface area contributed by atoms with E-state index in [9.17, 15) is 4.79 Å². The molecule has 2 aromatic carbocycles. The molecule has 1 heterocycles. The maximum absolute atomic E-state index is 12.8. The number of tetrazole rings is 1. The van der Waals surface area contributed by atoms with E-state index in [0.717, 1.165) is 28.8 Å². The van der Waals surface area contributed by atoms with E-state index >= 15 is 0 Å². The molecule has 1 saturated carbocycles. The molecule has 0 spiro atoms. The Kier molecular flexibility index (Phi) is 7.45. The van der Waals surface area contributed by atoms with Crippen molar-refractivity contribution in [2.75, 3.05) is 19.6 Å². The van der Waals surface area contributed by atoms with E-state index in [-0.39, 0.29) is 6.03 Å². The minimum atomic E-state index is -0.0347. The number of carbonyl (C=O) groups excluding carboxylic acids is 1. The number of aromatic amines is 1. The van der Waals surface area contributed by atoms with Gasteiger partial charge in [-0.25, -0.2) is 4.79 Å². The molecule has 4 rings (SSSR count). The molecule has 8 nitrogen and oxygen atoms in total. The number of nitrogens with zero attached hydrogens (tertiary/aromatic N) is 4. The molecule has 4 N–H and O–H groups in total. The highest BCUT2D eigenvalue weighted by Crippen LogP contribution is 2.30. The topological polar surface area (TPSA) is 113 Å². The summed E-state index contributed by atoms with van der Waals surface area (Å²) >= 11 is 0. The Labute approximate surface area is 188 Å². The zero-order chi connectivity index (χ0) is 22.2. The number of aromatic nitrogens is 4. The largest absolute Gasteiger partial charge is 0.338 e. The molecule has 168 valence electrons. The number of hydrogen-bond acceptors (Lipinski definition) is 5. The smallest absolute Gasteiger partial charge is 0.317 e. The molecular formula is C24H31N7O. The van der Waals surface area contributed by atoms with E-state index in [1.807, 2.05) is 24.3 Å². The summed E-state index contributed by atoms with van der Waals surface area (Å²) in [5.74, 6) is 1.17. The number of urea groups is 1. The molecule has 32 heavy (non-hydrogen) atoms. The average molecular weight is 434 g/mol. The van der Waals surface area contributed by atoms with Crippen molar-refractivity contribution >= 4 is 6.03 Å². The second kappa shape index (κ2) is 10.9. The van der Waals surface area contributed by atoms with Gasteiger partial charge < -0.3 is 16.0 Å². The first kappa shape index (κ1) is 22.0. The van der Waals surface area contributed by atoms with Crippen molar-refractivity contribution in [2.24, 2.45) is 11.7 Å². The van der Waals surface area contributed by atoms with E-state index in [1.54, 1.807) is 4.90 Å². The molecule has 8 heteroatoms. The molecule has 0 aliphatic heterocycles. The summed E-state index contributed by atoms with van der Waals surface area (Å²) in [6.07, 6.45) is 6.29. The molecule has 3 aromatic rings. The molecule has 1 fully saturated rings. The van der Waals surface area contributed by atoms with Gasteiger partial charge in [0.25, 0.3) is 0 Å². The lowest BCUT2D eigenvalue weighted by molar-refractivity contribution is 0.193. The van der Waals surface area contributed by atoms with Crippen LogP contribution in [0.5, 0.6) is 0 Å². The van der Waals surface area contributed by atoms with Crippen LogP contribution in [0.15, 0.2) is 48.5 Å². The average Bonchev–Trinajstić information content (AvgIpc) is 3.38. The van der Waals surface area contributed by atoms with Crippen molar-refractivity contribution in [1.82, 2.24) is 30.8 Å². The summed E-state index contributed by atoms with van der Waals surface area (Å²) in [7, 11) is 0. The molecule has 1 aliphatic rings. The van der Waals surface area contributed by atoms with Crippen LogP contribution < -0.4 is 11.1 Å². The summed E-state index contributed by atoms with van der Waals surface area (Å²) < 4.78 is 0. The fraction of sp³-hybridized carbons (Fsp3) is 0.417. The van der Waals surface area contributed by atoms with Crippen molar-refractivity contribution < 1.29 is 4.79 Å². The third kappa shape index (κ3) is 5.50. The molecule has 0 unspecified atom stereocenters. The molecule has 0 saturated heterocycles. The fourth-order valence-corrected chi connectivity index (χ4v) is 4.36. The van der Waals surface area contributed by atoms with Crippen molar-refractivity contribution in [3.63, 3.8) is 0 Å². The molecule has 0 atom stereocenters. The number of H-pyrrole nitrogens is 1. The lowest BCUT2D eigenvalue weighted by Gasteiger charge is -2.26. The van der Waals surface area contributed by atoms with Gasteiger partial charge in [0.15, 0.2) is 0 Å². The number of rotatable bonds is 8. The van der Waals surface area contributed by atoms with E-state index in [0.29, 0.717) is 31.4 Å². The van der Waals surface area contributed by atoms with Crippen molar-refractivity contribution in [1.29, 1.82) is 0 Å². The second-order valence-corrected chi connectivity index (χ2v) is 8.38. The lowest BCUT2D eigenvalue weighted by Crippen LogP contribution is -2.43. The maximum Gasteiger partial charge on any atom is 0.317 e. The number of benzene rings is 2. The van der Waals surface area contributed by atoms with Crippen LogP contribution in [-0.2, 0) is 6.54 Å². The number of amides is 2. The molecule has 1 aromatic heterocycles. The quantitative estimate of drug-likeness (QED) is 0.502. The van der Waals surface area contributed by atoms with Crippen LogP contribution in [0.1, 0.15) is 37.7 Å². The standard InChI is InChI=1S/C24H31N7O/c25-14-15-31(24(32)26-16-18-6-2-1-3-7-18)17-19-10-12-20(13-11-19)21-8-4-5-9-22(21)23-27-29-30-28-23/h4-5,8-13,18H,1-3,6-7,14-17,25H2,(H,26,32)(H,27,28,29,30). The third-order valence-corrected chi connectivity index (χ3v) is 6.10. The Balaban J connectivity index is 1.42. The van der Waals surface area contributed by atoms with Gasteiger partial charge in [-0.15, -0.1) is 10.2 Å². The van der Waals surface area contributed by atoms with Gasteiger partial charge in [0.2, 0.25) is 5.82 Å². The number of nitrogens with two attached hydrogens (primary N) is 1. The zero-order valence-electron chi connectivity index (χ0n) is 18.3. The van der Waals surface area contributed by atoms with Crippen LogP contribution in [0.3, 0.4) is 0 Å². The van der Waals surface area contributed by atoms with Crippen molar-refractivity contribution in [3.05, 3.63) is 54.1 Å². The van der Waals surface area contributed by atoms with Crippen LogP contribution in [0.2, 0.25) is 0 Å². The Bertz CT molecular complexity index is 982. The molecular weight excluding hydrogens is 402 g/mol. The van der Waals surface area contributed by atoms with Crippen molar-refractivity contribution in [2.45, 2.75) is 38.6 Å². The second-order valence-electron chi connectivity index (χ2n) is 8.38. The first-order valence-electron chi connectivity index (χ1n) is 11.4. The van der Waals surface area contributed by atoms with Crippen LogP contribution in [0.25, 0.3) is 22.5 Å². The minimum absolute atomic E-state index is 0.0347. The third-order valence-electron chi connectivity index (χ3n) is 6.10. The van der Waals surface area contributed by atoms with Crippen LogP contribution in [0.4, 0.5) is 4.79 Å². The Morgan fingerprint density at radius 3 is 2.50 bits per heavy atom. The molecule has 0 radical (unpaired) electrons. The fourth-order valence-electron chi connectivity index (χ4n) is 4.36. The van der Waals surface area contributed by atoms with E-state index in [4.69, 9.17) is 5.73 Å². The van der Waals surface area contributed by atoms with Gasteiger partial charge in [-0.2, -0.15) is 5.21 Å². The van der Waals surface area contributed by atoms with E-state index in [1.165, 1.54) is 32.1 Å². The maximum atomic E-state index is 12.8. The lowest BCUT2D eigenvalue weighted by atomic mass is 9.89. The first-order chi connectivity index (χ1) is 15.7. The summed E-state index contributed by atoms with van der Waals surface area (Å²) in [6.45, 7) is 2.25. The van der Waals surface area contributed by atoms with Crippen LogP contribution in [-0.4, -0.2) is 51.2 Å². The molecule has 0 bridgehead atoms. The normalized spacial score (nSPS) is 14.3. The Morgan fingerprint density at radius 1 is 1.06 bits per heavy atom. The monoisotopic (exact) mass is 433 g/mol. The Morgan fingerprint density at radius 2 is 1.81 bits per heavy atom. The van der Waals surface area contributed by atoms with E-state index < -0.39 is 0 Å². The first-order valence-corrected chi connectivity index (χ1v) is 11.4. The number of nitrogens with one attached hydrogen (secondary N) is 2. The van der Waals surface area contributed by atoms with Gasteiger partial charge in [0.05, 0.1) is 0 Å². The summed E-state index contributed by atoms with van der Waals surface area (Å²) in [6, 6.07) is 16.2. The highest BCUT2D eigenvalue weighted by atomic mass is 16.2. The van der Waals surface area contributed by atoms with E-state index in [2.05, 4.69) is 50.2 Å². The summed E-state index contributed by atoms with van der Waals surface area (Å²) in [5.41, 5.74) is 9.85. The Hall–Kier alpha value is -3.26. The molecule has 1 aliphatic carbocycles. The van der Waals surface area contributed by atoms with Crippen molar-refractivity contribution in [3.8, 4) is 22.5 Å². The van der Waals surface area contributed by atoms with Crippen LogP contribution >= 0.6 is 0 Å². The van der Waals surface area contributed by atoms with Crippen LogP contribution in [0, 0.1) is 5.92 Å². The highest BCUT2D eigenvalue weighted by molar-refractivity contribution is 5.80. The van der Waals surface area contributed by atoms with Gasteiger partial charge in [0, 0.05) is 31.7 Å². The predicted octanol–water partition coefficient (Wildman–Crippen LogP) is 3.58. The summed E-state index contributed by atoms with van der Waals surface area (Å²) in [5, 5.41) is 17.5. The van der Waals surface area contributed by atoms with Gasteiger partial charge in [0.1, 0.15) is 0 Å². The summed E-state index contributed by atoms with van der Waals surface area (Å²) in [4.78, 5) is 14.6. The van der Waals surface area contributed by atoms with Gasteiger partial charge in [-0.1, -0.05) is 67.8 Å². The number of carbonyl (C=O) groups is 1. The SMILES string of the molecule is NCCN(Cc1ccc(-c2ccccc2-c2nn[nH]n2)cc1)C(=O)NCC1CCCCC1. The predicted molar refractivity (Wildman–Crippen MR) is 124 cm³/mol. The number of hydrogen-bond donors (Lipinski definition) is 3. The van der Waals surface area contributed by atoms with Gasteiger partial charge in [-0.3, -0.25) is 0 Å². The highest BCUT2D eigenvalue weighted by Gasteiger charge is 2.18. The van der Waals surface area contributed by atoms with Gasteiger partial charge in [-0.05, 0) is 40.7 Å². The zero-order valence-corrected chi connectivity index (χ0v) is 18.3. The molecule has 2 amide bonds. The minimum Gasteiger partial charge on any atom is -0.338 e. The van der Waals surface area contributed by atoms with Gasteiger partial charge >= 0.3 is 6.03 Å².